The number of ether oxygens (including phenoxy) is 2. The van der Waals surface area contributed by atoms with Crippen molar-refractivity contribution >= 4 is 5.90 Å². The second-order valence-corrected chi connectivity index (χ2v) is 7.21. The smallest absolute Gasteiger partial charge is 0.192 e. The highest BCUT2D eigenvalue weighted by Crippen LogP contribution is 2.17. The number of hydrogen-bond acceptors (Lipinski definition) is 3. The van der Waals surface area contributed by atoms with E-state index in [0.29, 0.717) is 30.5 Å². The molecule has 0 unspecified atom stereocenters. The van der Waals surface area contributed by atoms with Gasteiger partial charge in [0.2, 0.25) is 0 Å². The van der Waals surface area contributed by atoms with E-state index in [-0.39, 0.29) is 0 Å². The van der Waals surface area contributed by atoms with Crippen molar-refractivity contribution in [1.82, 2.24) is 0 Å². The first kappa shape index (κ1) is 23.0. The van der Waals surface area contributed by atoms with Gasteiger partial charge >= 0.3 is 0 Å². The first-order chi connectivity index (χ1) is 14.5. The highest BCUT2D eigenvalue weighted by molar-refractivity contribution is 5.80. The van der Waals surface area contributed by atoms with Gasteiger partial charge in [-0.1, -0.05) is 93.8 Å². The first-order valence-corrected chi connectivity index (χ1v) is 10.1. The van der Waals surface area contributed by atoms with Crippen molar-refractivity contribution in [3.8, 4) is 5.75 Å². The Labute approximate surface area is 180 Å². The van der Waals surface area contributed by atoms with E-state index in [0.717, 1.165) is 22.4 Å². The minimum atomic E-state index is 0.485. The van der Waals surface area contributed by atoms with Crippen LogP contribution in [0.4, 0.5) is 0 Å². The van der Waals surface area contributed by atoms with Gasteiger partial charge in [0.15, 0.2) is 5.90 Å². The number of methoxy groups -OCH3 is 1. The fraction of sp³-hybridized carbons (Fsp3) is 0.222. The van der Waals surface area contributed by atoms with Gasteiger partial charge in [0.05, 0.1) is 12.8 Å². The largest absolute Gasteiger partial charge is 0.489 e. The van der Waals surface area contributed by atoms with E-state index < -0.39 is 0 Å². The Morgan fingerprint density at radius 3 is 2.33 bits per heavy atom. The first-order valence-electron chi connectivity index (χ1n) is 10.1. The Morgan fingerprint density at radius 2 is 1.73 bits per heavy atom. The van der Waals surface area contributed by atoms with Gasteiger partial charge in [-0.15, -0.1) is 0 Å². The lowest BCUT2D eigenvalue weighted by Gasteiger charge is -2.09. The quantitative estimate of drug-likeness (QED) is 0.252. The van der Waals surface area contributed by atoms with Crippen molar-refractivity contribution in [2.24, 2.45) is 10.9 Å². The predicted molar refractivity (Wildman–Crippen MR) is 127 cm³/mol. The molecule has 0 N–H and O–H groups in total. The molecule has 2 rings (SSSR count). The van der Waals surface area contributed by atoms with Crippen LogP contribution in [0.3, 0.4) is 0 Å². The minimum Gasteiger partial charge on any atom is -0.489 e. The maximum absolute atomic E-state index is 5.84. The van der Waals surface area contributed by atoms with Crippen molar-refractivity contribution in [3.63, 3.8) is 0 Å². The predicted octanol–water partition coefficient (Wildman–Crippen LogP) is 6.69. The lowest BCUT2D eigenvalue weighted by Crippen LogP contribution is -2.06. The molecule has 0 amide bonds. The van der Waals surface area contributed by atoms with Gasteiger partial charge in [-0.3, -0.25) is 0 Å². The van der Waals surface area contributed by atoms with Crippen LogP contribution in [0.15, 0.2) is 108 Å². The monoisotopic (exact) mass is 401 g/mol. The number of benzene rings is 2. The third kappa shape index (κ3) is 7.96. The summed E-state index contributed by atoms with van der Waals surface area (Å²) in [4.78, 5) is 4.55. The van der Waals surface area contributed by atoms with Crippen LogP contribution in [-0.2, 0) is 17.8 Å². The molecule has 156 valence electrons. The van der Waals surface area contributed by atoms with Crippen LogP contribution in [-0.4, -0.2) is 13.0 Å². The minimum absolute atomic E-state index is 0.485. The summed E-state index contributed by atoms with van der Waals surface area (Å²) in [5, 5.41) is 0. The molecule has 0 spiro atoms. The van der Waals surface area contributed by atoms with E-state index >= 15 is 0 Å². The molecule has 0 saturated carbocycles. The molecule has 0 fully saturated rings. The molecular formula is C27H31NO2. The highest BCUT2D eigenvalue weighted by Gasteiger charge is 2.05. The molecule has 2 aromatic rings. The Bertz CT molecular complexity index is 904. The summed E-state index contributed by atoms with van der Waals surface area (Å²) in [5.41, 5.74) is 3.71. The van der Waals surface area contributed by atoms with Crippen molar-refractivity contribution in [1.29, 1.82) is 0 Å². The van der Waals surface area contributed by atoms with Gasteiger partial charge in [0.25, 0.3) is 0 Å². The molecule has 0 atom stereocenters. The van der Waals surface area contributed by atoms with Crippen molar-refractivity contribution in [3.05, 3.63) is 114 Å². The zero-order valence-electron chi connectivity index (χ0n) is 18.2. The lowest BCUT2D eigenvalue weighted by molar-refractivity contribution is 0.306. The molecule has 30 heavy (non-hydrogen) atoms. The molecule has 2 aromatic carbocycles. The molecule has 0 aliphatic heterocycles. The molecular weight excluding hydrogens is 370 g/mol. The molecule has 0 aliphatic rings. The Hall–Kier alpha value is -3.33. The summed E-state index contributed by atoms with van der Waals surface area (Å²) < 4.78 is 11.3. The van der Waals surface area contributed by atoms with Gasteiger partial charge < -0.3 is 9.47 Å². The third-order valence-corrected chi connectivity index (χ3v) is 4.35. The van der Waals surface area contributed by atoms with Gasteiger partial charge in [-0.2, -0.15) is 0 Å². The van der Waals surface area contributed by atoms with Crippen LogP contribution in [0.1, 0.15) is 25.0 Å². The Balaban J connectivity index is 2.00. The Morgan fingerprint density at radius 1 is 1.03 bits per heavy atom. The number of nitrogens with zero attached hydrogens (tertiary/aromatic N) is 1. The number of hydrogen-bond donors (Lipinski definition) is 0. The maximum Gasteiger partial charge on any atom is 0.192 e. The molecule has 0 aliphatic carbocycles. The third-order valence-electron chi connectivity index (χ3n) is 4.35. The number of allylic oxidation sites excluding steroid dienone is 4. The van der Waals surface area contributed by atoms with E-state index in [1.165, 1.54) is 0 Å². The van der Waals surface area contributed by atoms with Crippen LogP contribution in [0.2, 0.25) is 0 Å². The van der Waals surface area contributed by atoms with Crippen LogP contribution in [0.5, 0.6) is 5.75 Å². The topological polar surface area (TPSA) is 30.8 Å². The van der Waals surface area contributed by atoms with Gasteiger partial charge in [0, 0.05) is 6.42 Å². The van der Waals surface area contributed by atoms with Crippen molar-refractivity contribution in [2.45, 2.75) is 26.9 Å². The average molecular weight is 402 g/mol. The SMILES string of the molecule is C=C/C(=C\C=C/C(C)C)C(=C)N=C(Cc1ccc(OCc2ccccc2)cc1)OC. The molecule has 0 heterocycles. The second kappa shape index (κ2) is 12.3. The zero-order valence-corrected chi connectivity index (χ0v) is 18.2. The van der Waals surface area contributed by atoms with E-state index in [1.807, 2.05) is 66.7 Å². The van der Waals surface area contributed by atoms with E-state index in [4.69, 9.17) is 9.47 Å². The average Bonchev–Trinajstić information content (AvgIpc) is 2.76. The van der Waals surface area contributed by atoms with Gasteiger partial charge in [0.1, 0.15) is 12.4 Å². The summed E-state index contributed by atoms with van der Waals surface area (Å²) in [7, 11) is 1.62. The van der Waals surface area contributed by atoms with Gasteiger partial charge in [-0.05, 0) is 34.8 Å². The molecule has 0 bridgehead atoms. The lowest BCUT2D eigenvalue weighted by atomic mass is 10.1. The molecule has 3 heteroatoms. The number of rotatable bonds is 10. The maximum atomic E-state index is 5.84. The van der Waals surface area contributed by atoms with Crippen LogP contribution < -0.4 is 4.74 Å². The van der Waals surface area contributed by atoms with Crippen LogP contribution in [0, 0.1) is 5.92 Å². The second-order valence-electron chi connectivity index (χ2n) is 7.21. The normalized spacial score (nSPS) is 12.3. The summed E-state index contributed by atoms with van der Waals surface area (Å²) in [5.74, 6) is 1.91. The van der Waals surface area contributed by atoms with Crippen LogP contribution >= 0.6 is 0 Å². The van der Waals surface area contributed by atoms with E-state index in [1.54, 1.807) is 13.2 Å². The number of aliphatic imine (C=N–C) groups is 1. The van der Waals surface area contributed by atoms with Gasteiger partial charge in [-0.25, -0.2) is 4.99 Å². The fourth-order valence-corrected chi connectivity index (χ4v) is 2.65. The van der Waals surface area contributed by atoms with Crippen molar-refractivity contribution in [2.75, 3.05) is 7.11 Å². The molecule has 0 saturated heterocycles. The van der Waals surface area contributed by atoms with Crippen molar-refractivity contribution < 1.29 is 9.47 Å². The van der Waals surface area contributed by atoms with E-state index in [9.17, 15) is 0 Å². The summed E-state index contributed by atoms with van der Waals surface area (Å²) in [6.45, 7) is 12.7. The standard InChI is InChI=1S/C27H31NO2/c1-6-25(14-10-11-21(2)3)22(4)28-27(29-5)19-23-15-17-26(18-16-23)30-20-24-12-8-7-9-13-24/h6-18,21H,1,4,19-20H2,2-3,5H3/b11-10-,25-14+,28-27?. The summed E-state index contributed by atoms with van der Waals surface area (Å²) in [6, 6.07) is 18.1. The molecule has 0 aromatic heterocycles. The van der Waals surface area contributed by atoms with E-state index in [2.05, 4.69) is 38.1 Å². The highest BCUT2D eigenvalue weighted by atomic mass is 16.5. The van der Waals surface area contributed by atoms with Crippen LogP contribution in [0.25, 0.3) is 0 Å². The molecule has 0 radical (unpaired) electrons. The summed E-state index contributed by atoms with van der Waals surface area (Å²) in [6.07, 6.45) is 8.40. The summed E-state index contributed by atoms with van der Waals surface area (Å²) >= 11 is 0. The Kier molecular flexibility index (Phi) is 9.39. The fourth-order valence-electron chi connectivity index (χ4n) is 2.65. The molecule has 3 nitrogen and oxygen atoms in total. The zero-order chi connectivity index (χ0) is 21.8.